The fourth-order valence-corrected chi connectivity index (χ4v) is 3.19. The molecule has 0 bridgehead atoms. The van der Waals surface area contributed by atoms with Crippen LogP contribution in [0.15, 0.2) is 0 Å². The van der Waals surface area contributed by atoms with E-state index < -0.39 is 5.97 Å². The molecular formula is C16H30N2O3. The maximum Gasteiger partial charge on any atom is 0.306 e. The van der Waals surface area contributed by atoms with Gasteiger partial charge in [-0.25, -0.2) is 0 Å². The van der Waals surface area contributed by atoms with Crippen LogP contribution in [0.5, 0.6) is 0 Å². The Hall–Kier alpha value is -1.10. The number of amides is 1. The van der Waals surface area contributed by atoms with Gasteiger partial charge in [0.25, 0.3) is 0 Å². The van der Waals surface area contributed by atoms with Gasteiger partial charge < -0.3 is 15.3 Å². The molecule has 0 spiro atoms. The van der Waals surface area contributed by atoms with E-state index in [9.17, 15) is 9.59 Å². The Bertz CT molecular complexity index is 377. The molecule has 21 heavy (non-hydrogen) atoms. The predicted molar refractivity (Wildman–Crippen MR) is 83.1 cm³/mol. The van der Waals surface area contributed by atoms with Crippen molar-refractivity contribution in [2.75, 3.05) is 19.6 Å². The van der Waals surface area contributed by atoms with Crippen molar-refractivity contribution in [2.45, 2.75) is 59.4 Å². The van der Waals surface area contributed by atoms with Crippen LogP contribution < -0.4 is 5.32 Å². The molecule has 0 aromatic rings. The number of carboxylic acids is 1. The van der Waals surface area contributed by atoms with Crippen LogP contribution in [0.2, 0.25) is 0 Å². The van der Waals surface area contributed by atoms with Crippen LogP contribution in [0.4, 0.5) is 0 Å². The molecule has 1 heterocycles. The molecule has 5 heteroatoms. The van der Waals surface area contributed by atoms with Crippen molar-refractivity contribution < 1.29 is 14.7 Å². The standard InChI is InChI=1S/C16H30N2O3/c1-15(2,3)11-16(4,5)17-10-13(19)18-8-6-12(7-9-18)14(20)21/h12,17H,6-11H2,1-5H3,(H,20,21). The van der Waals surface area contributed by atoms with Crippen molar-refractivity contribution in [3.05, 3.63) is 0 Å². The summed E-state index contributed by atoms with van der Waals surface area (Å²) in [6, 6.07) is 0. The van der Waals surface area contributed by atoms with Crippen molar-refractivity contribution in [3.8, 4) is 0 Å². The molecule has 2 N–H and O–H groups in total. The van der Waals surface area contributed by atoms with Gasteiger partial charge in [0.2, 0.25) is 5.91 Å². The van der Waals surface area contributed by atoms with Gasteiger partial charge in [-0.2, -0.15) is 0 Å². The molecule has 0 aromatic carbocycles. The zero-order chi connectivity index (χ0) is 16.3. The van der Waals surface area contributed by atoms with E-state index in [-0.39, 0.29) is 22.8 Å². The molecule has 122 valence electrons. The third kappa shape index (κ3) is 6.46. The molecule has 1 saturated heterocycles. The SMILES string of the molecule is CC(C)(C)CC(C)(C)NCC(=O)N1CCC(C(=O)O)CC1. The minimum absolute atomic E-state index is 0.0702. The molecule has 0 saturated carbocycles. The monoisotopic (exact) mass is 298 g/mol. The summed E-state index contributed by atoms with van der Waals surface area (Å²) in [5.74, 6) is -0.966. The number of carbonyl (C=O) groups excluding carboxylic acids is 1. The van der Waals surface area contributed by atoms with E-state index in [0.29, 0.717) is 32.5 Å². The van der Waals surface area contributed by atoms with Gasteiger partial charge in [0.05, 0.1) is 12.5 Å². The smallest absolute Gasteiger partial charge is 0.306 e. The molecule has 0 unspecified atom stereocenters. The summed E-state index contributed by atoms with van der Waals surface area (Å²) in [4.78, 5) is 24.9. The lowest BCUT2D eigenvalue weighted by molar-refractivity contribution is -0.145. The van der Waals surface area contributed by atoms with E-state index in [1.807, 2.05) is 0 Å². The highest BCUT2D eigenvalue weighted by Gasteiger charge is 2.29. The molecule has 0 aromatic heterocycles. The molecule has 0 radical (unpaired) electrons. The van der Waals surface area contributed by atoms with E-state index in [1.54, 1.807) is 4.90 Å². The number of hydrogen-bond acceptors (Lipinski definition) is 3. The molecule has 1 amide bonds. The van der Waals surface area contributed by atoms with Crippen LogP contribution in [-0.2, 0) is 9.59 Å². The van der Waals surface area contributed by atoms with Crippen LogP contribution >= 0.6 is 0 Å². The van der Waals surface area contributed by atoms with Crippen LogP contribution in [0.3, 0.4) is 0 Å². The maximum absolute atomic E-state index is 12.2. The van der Waals surface area contributed by atoms with Crippen molar-refractivity contribution in [3.63, 3.8) is 0 Å². The molecule has 0 atom stereocenters. The van der Waals surface area contributed by atoms with Crippen LogP contribution in [0.1, 0.15) is 53.9 Å². The Labute approximate surface area is 128 Å². The molecule has 5 nitrogen and oxygen atoms in total. The topological polar surface area (TPSA) is 69.6 Å². The predicted octanol–water partition coefficient (Wildman–Crippen LogP) is 2.11. The number of hydrogen-bond donors (Lipinski definition) is 2. The molecule has 0 aliphatic carbocycles. The van der Waals surface area contributed by atoms with Gasteiger partial charge in [-0.3, -0.25) is 9.59 Å². The molecule has 1 aliphatic heterocycles. The van der Waals surface area contributed by atoms with Gasteiger partial charge in [-0.1, -0.05) is 20.8 Å². The first-order valence-corrected chi connectivity index (χ1v) is 7.76. The van der Waals surface area contributed by atoms with E-state index >= 15 is 0 Å². The number of piperidine rings is 1. The third-order valence-electron chi connectivity index (χ3n) is 3.89. The van der Waals surface area contributed by atoms with Gasteiger partial charge in [0.1, 0.15) is 0 Å². The fourth-order valence-electron chi connectivity index (χ4n) is 3.19. The second-order valence-corrected chi connectivity index (χ2v) is 7.97. The number of rotatable bonds is 5. The van der Waals surface area contributed by atoms with E-state index in [0.717, 1.165) is 6.42 Å². The van der Waals surface area contributed by atoms with E-state index in [4.69, 9.17) is 5.11 Å². The van der Waals surface area contributed by atoms with Crippen LogP contribution in [-0.4, -0.2) is 47.1 Å². The summed E-state index contributed by atoms with van der Waals surface area (Å²) in [6.07, 6.45) is 2.10. The van der Waals surface area contributed by atoms with Crippen molar-refractivity contribution >= 4 is 11.9 Å². The Balaban J connectivity index is 2.39. The average Bonchev–Trinajstić information content (AvgIpc) is 2.33. The number of nitrogens with zero attached hydrogens (tertiary/aromatic N) is 1. The number of aliphatic carboxylic acids is 1. The highest BCUT2D eigenvalue weighted by atomic mass is 16.4. The minimum Gasteiger partial charge on any atom is -0.481 e. The molecule has 1 fully saturated rings. The quantitative estimate of drug-likeness (QED) is 0.815. The van der Waals surface area contributed by atoms with E-state index in [2.05, 4.69) is 39.9 Å². The first kappa shape index (κ1) is 18.0. The van der Waals surface area contributed by atoms with Crippen molar-refractivity contribution in [1.29, 1.82) is 0 Å². The normalized spacial score (nSPS) is 17.9. The summed E-state index contributed by atoms with van der Waals surface area (Å²) < 4.78 is 0. The lowest BCUT2D eigenvalue weighted by Crippen LogP contribution is -2.49. The largest absolute Gasteiger partial charge is 0.481 e. The number of carbonyl (C=O) groups is 2. The lowest BCUT2D eigenvalue weighted by atomic mass is 9.82. The van der Waals surface area contributed by atoms with Crippen LogP contribution in [0.25, 0.3) is 0 Å². The molecular weight excluding hydrogens is 268 g/mol. The van der Waals surface area contributed by atoms with Gasteiger partial charge >= 0.3 is 5.97 Å². The fraction of sp³-hybridized carbons (Fsp3) is 0.875. The third-order valence-corrected chi connectivity index (χ3v) is 3.89. The number of nitrogens with one attached hydrogen (secondary N) is 1. The van der Waals surface area contributed by atoms with Gasteiger partial charge in [0, 0.05) is 18.6 Å². The number of carboxylic acid groups (broad SMARTS) is 1. The Kier molecular flexibility index (Phi) is 5.79. The van der Waals surface area contributed by atoms with Crippen molar-refractivity contribution in [1.82, 2.24) is 10.2 Å². The molecule has 1 aliphatic rings. The highest BCUT2D eigenvalue weighted by molar-refractivity contribution is 5.79. The zero-order valence-electron chi connectivity index (χ0n) is 14.0. The summed E-state index contributed by atoms with van der Waals surface area (Å²) in [7, 11) is 0. The number of likely N-dealkylation sites (tertiary alicyclic amines) is 1. The van der Waals surface area contributed by atoms with Crippen molar-refractivity contribution in [2.24, 2.45) is 11.3 Å². The van der Waals surface area contributed by atoms with Gasteiger partial charge in [0.15, 0.2) is 0 Å². The summed E-state index contributed by atoms with van der Waals surface area (Å²) in [5, 5.41) is 12.3. The Morgan fingerprint density at radius 3 is 2.10 bits per heavy atom. The highest BCUT2D eigenvalue weighted by Crippen LogP contribution is 2.26. The van der Waals surface area contributed by atoms with Gasteiger partial charge in [-0.15, -0.1) is 0 Å². The van der Waals surface area contributed by atoms with Gasteiger partial charge in [-0.05, 0) is 38.5 Å². The lowest BCUT2D eigenvalue weighted by Gasteiger charge is -2.35. The minimum atomic E-state index is -0.744. The summed E-state index contributed by atoms with van der Waals surface area (Å²) in [6.45, 7) is 12.2. The Morgan fingerprint density at radius 2 is 1.67 bits per heavy atom. The first-order chi connectivity index (χ1) is 9.50. The van der Waals surface area contributed by atoms with E-state index in [1.165, 1.54) is 0 Å². The molecule has 1 rings (SSSR count). The van der Waals surface area contributed by atoms with Crippen LogP contribution in [0, 0.1) is 11.3 Å². The second kappa shape index (κ2) is 6.77. The summed E-state index contributed by atoms with van der Waals surface area (Å²) in [5.41, 5.74) is 0.118. The maximum atomic E-state index is 12.2. The Morgan fingerprint density at radius 1 is 1.14 bits per heavy atom. The zero-order valence-corrected chi connectivity index (χ0v) is 14.0. The summed E-state index contributed by atoms with van der Waals surface area (Å²) >= 11 is 0. The second-order valence-electron chi connectivity index (χ2n) is 7.97. The first-order valence-electron chi connectivity index (χ1n) is 7.76. The average molecular weight is 298 g/mol.